The predicted molar refractivity (Wildman–Crippen MR) is 74.1 cm³/mol. The smallest absolute Gasteiger partial charge is 0.0314 e. The van der Waals surface area contributed by atoms with Gasteiger partial charge in [-0.05, 0) is 68.9 Å². The van der Waals surface area contributed by atoms with Gasteiger partial charge in [0.2, 0.25) is 0 Å². The highest BCUT2D eigenvalue weighted by atomic mass is 15.1. The van der Waals surface area contributed by atoms with Gasteiger partial charge in [0.05, 0.1) is 0 Å². The molecule has 17 heavy (non-hydrogen) atoms. The van der Waals surface area contributed by atoms with Crippen molar-refractivity contribution in [3.05, 3.63) is 29.8 Å². The first-order valence-electron chi connectivity index (χ1n) is 6.69. The van der Waals surface area contributed by atoms with Gasteiger partial charge in [0.15, 0.2) is 0 Å². The number of benzene rings is 1. The van der Waals surface area contributed by atoms with Gasteiger partial charge in [0, 0.05) is 5.69 Å². The van der Waals surface area contributed by atoms with Crippen LogP contribution in [0.5, 0.6) is 0 Å². The average Bonchev–Trinajstić information content (AvgIpc) is 2.33. The SMILES string of the molecule is CC(CC1CCN(C)CC1)c1ccc(N)cc1. The van der Waals surface area contributed by atoms with Crippen LogP contribution in [-0.4, -0.2) is 25.0 Å². The Morgan fingerprint density at radius 3 is 2.41 bits per heavy atom. The van der Waals surface area contributed by atoms with Crippen LogP contribution in [0.15, 0.2) is 24.3 Å². The molecule has 1 saturated heterocycles. The fraction of sp³-hybridized carbons (Fsp3) is 0.600. The summed E-state index contributed by atoms with van der Waals surface area (Å²) in [5, 5.41) is 0. The molecule has 1 aliphatic heterocycles. The maximum absolute atomic E-state index is 5.72. The predicted octanol–water partition coefficient (Wildman–Crippen LogP) is 3.10. The fourth-order valence-corrected chi connectivity index (χ4v) is 2.76. The first-order chi connectivity index (χ1) is 8.15. The monoisotopic (exact) mass is 232 g/mol. The Hall–Kier alpha value is -1.02. The van der Waals surface area contributed by atoms with Crippen LogP contribution in [0.25, 0.3) is 0 Å². The van der Waals surface area contributed by atoms with Gasteiger partial charge in [-0.2, -0.15) is 0 Å². The van der Waals surface area contributed by atoms with Crippen molar-refractivity contribution in [1.29, 1.82) is 0 Å². The minimum atomic E-state index is 0.656. The third-order valence-corrected chi connectivity index (χ3v) is 4.03. The van der Waals surface area contributed by atoms with Crippen LogP contribution in [-0.2, 0) is 0 Å². The molecule has 1 aromatic rings. The van der Waals surface area contributed by atoms with Crippen LogP contribution in [0.4, 0.5) is 5.69 Å². The summed E-state index contributed by atoms with van der Waals surface area (Å²) in [5.74, 6) is 1.56. The van der Waals surface area contributed by atoms with Gasteiger partial charge in [0.25, 0.3) is 0 Å². The summed E-state index contributed by atoms with van der Waals surface area (Å²) >= 11 is 0. The maximum atomic E-state index is 5.72. The third-order valence-electron chi connectivity index (χ3n) is 4.03. The van der Waals surface area contributed by atoms with Crippen molar-refractivity contribution in [2.75, 3.05) is 25.9 Å². The Balaban J connectivity index is 1.88. The Kier molecular flexibility index (Phi) is 4.06. The third kappa shape index (κ3) is 3.47. The topological polar surface area (TPSA) is 29.3 Å². The minimum Gasteiger partial charge on any atom is -0.399 e. The Morgan fingerprint density at radius 1 is 1.24 bits per heavy atom. The average molecular weight is 232 g/mol. The number of nitrogen functional groups attached to an aromatic ring is 1. The van der Waals surface area contributed by atoms with Crippen molar-refractivity contribution in [2.24, 2.45) is 5.92 Å². The van der Waals surface area contributed by atoms with E-state index in [1.54, 1.807) is 0 Å². The van der Waals surface area contributed by atoms with E-state index >= 15 is 0 Å². The van der Waals surface area contributed by atoms with Gasteiger partial charge in [-0.3, -0.25) is 0 Å². The lowest BCUT2D eigenvalue weighted by Crippen LogP contribution is -2.30. The molecular formula is C15H24N2. The molecule has 0 amide bonds. The summed E-state index contributed by atoms with van der Waals surface area (Å²) < 4.78 is 0. The fourth-order valence-electron chi connectivity index (χ4n) is 2.76. The second kappa shape index (κ2) is 5.54. The number of rotatable bonds is 3. The Morgan fingerprint density at radius 2 is 1.82 bits per heavy atom. The molecule has 0 spiro atoms. The van der Waals surface area contributed by atoms with Crippen molar-refractivity contribution in [3.63, 3.8) is 0 Å². The number of piperidine rings is 1. The molecular weight excluding hydrogens is 208 g/mol. The van der Waals surface area contributed by atoms with E-state index in [0.717, 1.165) is 11.6 Å². The van der Waals surface area contributed by atoms with Crippen molar-refractivity contribution >= 4 is 5.69 Å². The molecule has 1 atom stereocenters. The highest BCUT2D eigenvalue weighted by Crippen LogP contribution is 2.29. The molecule has 0 aromatic heterocycles. The first kappa shape index (κ1) is 12.4. The zero-order valence-electron chi connectivity index (χ0n) is 11.0. The summed E-state index contributed by atoms with van der Waals surface area (Å²) in [5.41, 5.74) is 8.01. The number of nitrogens with zero attached hydrogens (tertiary/aromatic N) is 1. The summed E-state index contributed by atoms with van der Waals surface area (Å²) in [6, 6.07) is 8.38. The molecule has 2 rings (SSSR count). The molecule has 1 unspecified atom stereocenters. The highest BCUT2D eigenvalue weighted by molar-refractivity contribution is 5.40. The van der Waals surface area contributed by atoms with Gasteiger partial charge in [0.1, 0.15) is 0 Å². The van der Waals surface area contributed by atoms with Gasteiger partial charge < -0.3 is 10.6 Å². The van der Waals surface area contributed by atoms with Crippen LogP contribution in [0.1, 0.15) is 37.7 Å². The van der Waals surface area contributed by atoms with Crippen LogP contribution in [0.2, 0.25) is 0 Å². The molecule has 0 radical (unpaired) electrons. The normalized spacial score (nSPS) is 20.4. The molecule has 1 aliphatic rings. The summed E-state index contributed by atoms with van der Waals surface area (Å²) in [6.45, 7) is 4.86. The second-order valence-electron chi connectivity index (χ2n) is 5.55. The molecule has 0 aliphatic carbocycles. The number of nitrogens with two attached hydrogens (primary N) is 1. The molecule has 2 nitrogen and oxygen atoms in total. The second-order valence-corrected chi connectivity index (χ2v) is 5.55. The molecule has 2 N–H and O–H groups in total. The minimum absolute atomic E-state index is 0.656. The molecule has 94 valence electrons. The highest BCUT2D eigenvalue weighted by Gasteiger charge is 2.19. The van der Waals surface area contributed by atoms with E-state index in [0.29, 0.717) is 5.92 Å². The van der Waals surface area contributed by atoms with E-state index in [9.17, 15) is 0 Å². The quantitative estimate of drug-likeness (QED) is 0.811. The number of anilines is 1. The van der Waals surface area contributed by atoms with Crippen LogP contribution in [0.3, 0.4) is 0 Å². The number of likely N-dealkylation sites (tertiary alicyclic amines) is 1. The molecule has 1 heterocycles. The standard InChI is InChI=1S/C15H24N2/c1-12(14-3-5-15(16)6-4-14)11-13-7-9-17(2)10-8-13/h3-6,12-13H,7-11,16H2,1-2H3. The number of hydrogen-bond acceptors (Lipinski definition) is 2. The van der Waals surface area contributed by atoms with Crippen LogP contribution in [0, 0.1) is 5.92 Å². The van der Waals surface area contributed by atoms with Crippen molar-refractivity contribution < 1.29 is 0 Å². The molecule has 2 heteroatoms. The Bertz CT molecular complexity index is 336. The van der Waals surface area contributed by atoms with E-state index in [4.69, 9.17) is 5.73 Å². The lowest BCUT2D eigenvalue weighted by molar-refractivity contribution is 0.207. The zero-order valence-corrected chi connectivity index (χ0v) is 11.0. The zero-order chi connectivity index (χ0) is 12.3. The van der Waals surface area contributed by atoms with Crippen molar-refractivity contribution in [2.45, 2.75) is 32.1 Å². The van der Waals surface area contributed by atoms with Gasteiger partial charge in [-0.1, -0.05) is 19.1 Å². The van der Waals surface area contributed by atoms with E-state index in [1.807, 2.05) is 12.1 Å². The lowest BCUT2D eigenvalue weighted by Gasteiger charge is -2.30. The summed E-state index contributed by atoms with van der Waals surface area (Å²) in [4.78, 5) is 2.43. The van der Waals surface area contributed by atoms with Crippen molar-refractivity contribution in [1.82, 2.24) is 4.90 Å². The van der Waals surface area contributed by atoms with Gasteiger partial charge in [-0.25, -0.2) is 0 Å². The molecule has 0 saturated carbocycles. The molecule has 1 aromatic carbocycles. The first-order valence-corrected chi connectivity index (χ1v) is 6.69. The van der Waals surface area contributed by atoms with Gasteiger partial charge in [-0.15, -0.1) is 0 Å². The summed E-state index contributed by atoms with van der Waals surface area (Å²) in [6.07, 6.45) is 4.03. The Labute approximate surface area is 105 Å². The van der Waals surface area contributed by atoms with Crippen LogP contribution >= 0.6 is 0 Å². The van der Waals surface area contributed by atoms with Crippen LogP contribution < -0.4 is 5.73 Å². The van der Waals surface area contributed by atoms with E-state index < -0.39 is 0 Å². The van der Waals surface area contributed by atoms with E-state index in [2.05, 4.69) is 31.0 Å². The number of hydrogen-bond donors (Lipinski definition) is 1. The largest absolute Gasteiger partial charge is 0.399 e. The molecule has 1 fully saturated rings. The van der Waals surface area contributed by atoms with E-state index in [1.165, 1.54) is 37.9 Å². The van der Waals surface area contributed by atoms with E-state index in [-0.39, 0.29) is 0 Å². The summed E-state index contributed by atoms with van der Waals surface area (Å²) in [7, 11) is 2.22. The lowest BCUT2D eigenvalue weighted by atomic mass is 9.85. The molecule has 0 bridgehead atoms. The van der Waals surface area contributed by atoms with Crippen molar-refractivity contribution in [3.8, 4) is 0 Å². The maximum Gasteiger partial charge on any atom is 0.0314 e. The van der Waals surface area contributed by atoms with Gasteiger partial charge >= 0.3 is 0 Å².